The van der Waals surface area contributed by atoms with Crippen LogP contribution >= 0.6 is 0 Å². The topological polar surface area (TPSA) is 30.5 Å². The Morgan fingerprint density at radius 1 is 1.17 bits per heavy atom. The van der Waals surface area contributed by atoms with Crippen LogP contribution in [0.1, 0.15) is 12.8 Å². The second-order valence-corrected chi connectivity index (χ2v) is 4.08. The van der Waals surface area contributed by atoms with Gasteiger partial charge in [-0.2, -0.15) is 0 Å². The first-order valence-corrected chi connectivity index (χ1v) is 5.77. The molecule has 1 aromatic rings. The minimum atomic E-state index is -4.70. The maximum atomic E-state index is 12.2. The molecule has 0 bridgehead atoms. The Hall–Kier alpha value is -1.43. The van der Waals surface area contributed by atoms with Crippen molar-refractivity contribution in [3.05, 3.63) is 24.3 Å². The zero-order valence-electron chi connectivity index (χ0n) is 9.67. The molecule has 0 radical (unpaired) electrons. The van der Waals surface area contributed by atoms with Crippen molar-refractivity contribution in [2.45, 2.75) is 25.3 Å². The van der Waals surface area contributed by atoms with Crippen LogP contribution in [0.4, 0.5) is 13.2 Å². The third kappa shape index (κ3) is 3.80. The van der Waals surface area contributed by atoms with Gasteiger partial charge >= 0.3 is 6.36 Å². The summed E-state index contributed by atoms with van der Waals surface area (Å²) in [6.07, 6.45) is -3.04. The van der Waals surface area contributed by atoms with Crippen LogP contribution in [-0.4, -0.2) is 25.6 Å². The monoisotopic (exact) mass is 261 g/mol. The van der Waals surface area contributed by atoms with E-state index in [0.717, 1.165) is 19.4 Å². The number of para-hydroxylation sites is 2. The summed E-state index contributed by atoms with van der Waals surface area (Å²) >= 11 is 0. The molecule has 0 unspecified atom stereocenters. The van der Waals surface area contributed by atoms with Gasteiger partial charge in [0.15, 0.2) is 11.5 Å². The molecule has 1 aliphatic heterocycles. The summed E-state index contributed by atoms with van der Waals surface area (Å²) in [6, 6.07) is 5.83. The second kappa shape index (κ2) is 5.48. The minimum Gasteiger partial charge on any atom is -0.485 e. The van der Waals surface area contributed by atoms with Gasteiger partial charge in [0, 0.05) is 6.54 Å². The third-order valence-electron chi connectivity index (χ3n) is 2.62. The van der Waals surface area contributed by atoms with Crippen LogP contribution in [0.5, 0.6) is 11.5 Å². The molecule has 1 aromatic carbocycles. The first kappa shape index (κ1) is 13.0. The summed E-state index contributed by atoms with van der Waals surface area (Å²) in [5, 5.41) is 3.13. The average molecular weight is 261 g/mol. The molecule has 0 aliphatic carbocycles. The van der Waals surface area contributed by atoms with Gasteiger partial charge in [0.2, 0.25) is 0 Å². The van der Waals surface area contributed by atoms with Gasteiger partial charge in [-0.25, -0.2) is 0 Å². The molecule has 1 atom stereocenters. The van der Waals surface area contributed by atoms with E-state index < -0.39 is 6.36 Å². The molecule has 1 fully saturated rings. The summed E-state index contributed by atoms with van der Waals surface area (Å²) in [7, 11) is 0. The second-order valence-electron chi connectivity index (χ2n) is 4.08. The van der Waals surface area contributed by atoms with Gasteiger partial charge in [0.1, 0.15) is 6.10 Å². The van der Waals surface area contributed by atoms with Crippen molar-refractivity contribution in [1.29, 1.82) is 0 Å². The predicted molar refractivity (Wildman–Crippen MR) is 59.6 cm³/mol. The van der Waals surface area contributed by atoms with Crippen molar-refractivity contribution in [2.75, 3.05) is 13.1 Å². The van der Waals surface area contributed by atoms with Gasteiger partial charge < -0.3 is 14.8 Å². The van der Waals surface area contributed by atoms with Gasteiger partial charge in [-0.3, -0.25) is 0 Å². The Kier molecular flexibility index (Phi) is 3.96. The van der Waals surface area contributed by atoms with E-state index in [4.69, 9.17) is 4.74 Å². The Morgan fingerprint density at radius 2 is 1.89 bits per heavy atom. The van der Waals surface area contributed by atoms with Crippen molar-refractivity contribution < 1.29 is 22.6 Å². The molecule has 1 aliphatic rings. The van der Waals surface area contributed by atoms with Crippen LogP contribution in [0.3, 0.4) is 0 Å². The molecule has 1 saturated heterocycles. The maximum Gasteiger partial charge on any atom is 0.573 e. The van der Waals surface area contributed by atoms with E-state index in [-0.39, 0.29) is 17.6 Å². The first-order valence-electron chi connectivity index (χ1n) is 5.77. The molecule has 1 heterocycles. The van der Waals surface area contributed by atoms with Crippen LogP contribution in [0.25, 0.3) is 0 Å². The van der Waals surface area contributed by atoms with E-state index in [2.05, 4.69) is 10.1 Å². The number of nitrogens with one attached hydrogen (secondary N) is 1. The highest BCUT2D eigenvalue weighted by Crippen LogP contribution is 2.32. The molecular formula is C12H14F3NO2. The highest BCUT2D eigenvalue weighted by atomic mass is 19.4. The number of ether oxygens (including phenoxy) is 2. The predicted octanol–water partition coefficient (Wildman–Crippen LogP) is 2.72. The quantitative estimate of drug-likeness (QED) is 0.907. The normalized spacial score (nSPS) is 20.5. The van der Waals surface area contributed by atoms with Gasteiger partial charge in [-0.15, -0.1) is 13.2 Å². The molecule has 2 rings (SSSR count). The Balaban J connectivity index is 2.06. The first-order chi connectivity index (χ1) is 8.54. The van der Waals surface area contributed by atoms with Crippen LogP contribution in [0.15, 0.2) is 24.3 Å². The zero-order valence-corrected chi connectivity index (χ0v) is 9.67. The van der Waals surface area contributed by atoms with Crippen molar-refractivity contribution in [3.63, 3.8) is 0 Å². The standard InChI is InChI=1S/C12H14F3NO2/c13-12(14,15)18-11-6-2-1-5-10(11)17-9-4-3-7-16-8-9/h1-2,5-6,9,16H,3-4,7-8H2/t9-/m0/s1. The fraction of sp³-hybridized carbons (Fsp3) is 0.500. The maximum absolute atomic E-state index is 12.2. The summed E-state index contributed by atoms with van der Waals surface area (Å²) < 4.78 is 46.1. The lowest BCUT2D eigenvalue weighted by Gasteiger charge is -2.25. The molecule has 0 spiro atoms. The third-order valence-corrected chi connectivity index (χ3v) is 2.62. The summed E-state index contributed by atoms with van der Waals surface area (Å²) in [5.74, 6) is -0.168. The molecular weight excluding hydrogens is 247 g/mol. The number of benzene rings is 1. The Labute approximate surface area is 103 Å². The SMILES string of the molecule is FC(F)(F)Oc1ccccc1O[C@H]1CCCNC1. The van der Waals surface area contributed by atoms with Crippen molar-refractivity contribution >= 4 is 0 Å². The Bertz CT molecular complexity index is 389. The Morgan fingerprint density at radius 3 is 2.50 bits per heavy atom. The van der Waals surface area contributed by atoms with Crippen LogP contribution in [0, 0.1) is 0 Å². The van der Waals surface area contributed by atoms with Crippen molar-refractivity contribution in [1.82, 2.24) is 5.32 Å². The molecule has 6 heteroatoms. The van der Waals surface area contributed by atoms with Gasteiger partial charge in [0.05, 0.1) is 0 Å². The lowest BCUT2D eigenvalue weighted by molar-refractivity contribution is -0.275. The van der Waals surface area contributed by atoms with Crippen molar-refractivity contribution in [2.24, 2.45) is 0 Å². The lowest BCUT2D eigenvalue weighted by Crippen LogP contribution is -2.37. The summed E-state index contributed by atoms with van der Waals surface area (Å²) in [5.41, 5.74) is 0. The number of hydrogen-bond donors (Lipinski definition) is 1. The highest BCUT2D eigenvalue weighted by Gasteiger charge is 2.32. The van der Waals surface area contributed by atoms with Gasteiger partial charge in [-0.1, -0.05) is 12.1 Å². The molecule has 1 N–H and O–H groups in total. The summed E-state index contributed by atoms with van der Waals surface area (Å²) in [4.78, 5) is 0. The van der Waals surface area contributed by atoms with Gasteiger partial charge in [-0.05, 0) is 31.5 Å². The molecule has 3 nitrogen and oxygen atoms in total. The zero-order chi connectivity index (χ0) is 13.0. The molecule has 0 saturated carbocycles. The number of alkyl halides is 3. The molecule has 100 valence electrons. The molecule has 0 aromatic heterocycles. The van der Waals surface area contributed by atoms with E-state index in [1.807, 2.05) is 0 Å². The van der Waals surface area contributed by atoms with Gasteiger partial charge in [0.25, 0.3) is 0 Å². The van der Waals surface area contributed by atoms with E-state index in [0.29, 0.717) is 6.54 Å². The summed E-state index contributed by atoms with van der Waals surface area (Å²) in [6.45, 7) is 1.56. The minimum absolute atomic E-state index is 0.114. The number of rotatable bonds is 3. The largest absolute Gasteiger partial charge is 0.573 e. The van der Waals surface area contributed by atoms with E-state index >= 15 is 0 Å². The number of piperidine rings is 1. The van der Waals surface area contributed by atoms with E-state index in [9.17, 15) is 13.2 Å². The molecule has 0 amide bonds. The fourth-order valence-electron chi connectivity index (χ4n) is 1.86. The number of halogens is 3. The lowest BCUT2D eigenvalue weighted by atomic mass is 10.1. The van der Waals surface area contributed by atoms with Crippen LogP contribution in [0.2, 0.25) is 0 Å². The smallest absolute Gasteiger partial charge is 0.485 e. The highest BCUT2D eigenvalue weighted by molar-refractivity contribution is 5.39. The fourth-order valence-corrected chi connectivity index (χ4v) is 1.86. The van der Waals surface area contributed by atoms with Crippen molar-refractivity contribution in [3.8, 4) is 11.5 Å². The van der Waals surface area contributed by atoms with E-state index in [1.165, 1.54) is 18.2 Å². The molecule has 18 heavy (non-hydrogen) atoms. The van der Waals surface area contributed by atoms with E-state index in [1.54, 1.807) is 6.07 Å². The average Bonchev–Trinajstić information content (AvgIpc) is 2.31. The number of hydrogen-bond acceptors (Lipinski definition) is 3. The van der Waals surface area contributed by atoms with Crippen LogP contribution < -0.4 is 14.8 Å². The van der Waals surface area contributed by atoms with Crippen LogP contribution in [-0.2, 0) is 0 Å².